The lowest BCUT2D eigenvalue weighted by atomic mass is 10.2. The summed E-state index contributed by atoms with van der Waals surface area (Å²) < 4.78 is 6.15. The van der Waals surface area contributed by atoms with Crippen LogP contribution in [0.2, 0.25) is 0 Å². The molecule has 1 aliphatic rings. The number of carbonyl (C=O) groups excluding carboxylic acids is 1. The van der Waals surface area contributed by atoms with Crippen LogP contribution >= 0.6 is 15.9 Å². The molecule has 0 radical (unpaired) electrons. The van der Waals surface area contributed by atoms with Crippen LogP contribution in [-0.2, 0) is 11.2 Å². The van der Waals surface area contributed by atoms with Gasteiger partial charge in [-0.3, -0.25) is 4.90 Å². The SMILES string of the molecule is CC(C)(C)OC(=O)N1CCc2nc(Br)ccc21. The number of fused-ring (bicyclic) bond motifs is 1. The van der Waals surface area contributed by atoms with Gasteiger partial charge >= 0.3 is 6.09 Å². The average Bonchev–Trinajstić information content (AvgIpc) is 2.57. The molecule has 0 aliphatic carbocycles. The van der Waals surface area contributed by atoms with Gasteiger partial charge in [0.15, 0.2) is 0 Å². The predicted octanol–water partition coefficient (Wildman–Crippen LogP) is 3.14. The quantitative estimate of drug-likeness (QED) is 0.691. The van der Waals surface area contributed by atoms with Gasteiger partial charge in [0.1, 0.15) is 10.2 Å². The van der Waals surface area contributed by atoms with E-state index in [4.69, 9.17) is 4.74 Å². The topological polar surface area (TPSA) is 42.4 Å². The molecule has 0 saturated carbocycles. The highest BCUT2D eigenvalue weighted by molar-refractivity contribution is 9.10. The van der Waals surface area contributed by atoms with Crippen molar-refractivity contribution in [1.29, 1.82) is 0 Å². The van der Waals surface area contributed by atoms with Gasteiger partial charge in [-0.1, -0.05) is 0 Å². The minimum atomic E-state index is -0.470. The summed E-state index contributed by atoms with van der Waals surface area (Å²) >= 11 is 3.32. The smallest absolute Gasteiger partial charge is 0.414 e. The van der Waals surface area contributed by atoms with Crippen molar-refractivity contribution in [2.24, 2.45) is 0 Å². The Morgan fingerprint density at radius 1 is 1.47 bits per heavy atom. The second kappa shape index (κ2) is 4.29. The zero-order valence-electron chi connectivity index (χ0n) is 10.2. The number of halogens is 1. The van der Waals surface area contributed by atoms with Crippen LogP contribution in [0.1, 0.15) is 26.5 Å². The lowest BCUT2D eigenvalue weighted by molar-refractivity contribution is 0.0584. The van der Waals surface area contributed by atoms with Crippen LogP contribution in [0.3, 0.4) is 0 Å². The van der Waals surface area contributed by atoms with E-state index in [2.05, 4.69) is 20.9 Å². The number of amides is 1. The Labute approximate surface area is 109 Å². The fourth-order valence-electron chi connectivity index (χ4n) is 1.74. The third-order valence-electron chi connectivity index (χ3n) is 2.39. The Bertz CT molecular complexity index is 454. The van der Waals surface area contributed by atoms with Gasteiger partial charge in [-0.05, 0) is 48.8 Å². The molecule has 1 aromatic heterocycles. The summed E-state index contributed by atoms with van der Waals surface area (Å²) in [4.78, 5) is 18.0. The van der Waals surface area contributed by atoms with E-state index >= 15 is 0 Å². The van der Waals surface area contributed by atoms with Crippen molar-refractivity contribution >= 4 is 27.7 Å². The van der Waals surface area contributed by atoms with Crippen molar-refractivity contribution in [1.82, 2.24) is 4.98 Å². The molecule has 1 amide bonds. The normalized spacial score (nSPS) is 14.7. The lowest BCUT2D eigenvalue weighted by Crippen LogP contribution is -2.35. The number of ether oxygens (including phenoxy) is 1. The highest BCUT2D eigenvalue weighted by Gasteiger charge is 2.29. The van der Waals surface area contributed by atoms with Crippen molar-refractivity contribution in [2.45, 2.75) is 32.8 Å². The van der Waals surface area contributed by atoms with E-state index in [0.29, 0.717) is 6.54 Å². The molecule has 1 aliphatic heterocycles. The number of hydrogen-bond donors (Lipinski definition) is 0. The summed E-state index contributed by atoms with van der Waals surface area (Å²) in [6.07, 6.45) is 0.467. The van der Waals surface area contributed by atoms with Crippen LogP contribution in [0.4, 0.5) is 10.5 Å². The Morgan fingerprint density at radius 3 is 2.82 bits per heavy atom. The molecule has 0 bridgehead atoms. The van der Waals surface area contributed by atoms with Gasteiger partial charge in [-0.15, -0.1) is 0 Å². The first-order valence-electron chi connectivity index (χ1n) is 5.53. The first kappa shape index (κ1) is 12.4. The van der Waals surface area contributed by atoms with E-state index in [1.807, 2.05) is 32.9 Å². The summed E-state index contributed by atoms with van der Waals surface area (Å²) in [6, 6.07) is 3.73. The Morgan fingerprint density at radius 2 is 2.18 bits per heavy atom. The third kappa shape index (κ3) is 2.77. The molecular formula is C12H15BrN2O2. The third-order valence-corrected chi connectivity index (χ3v) is 2.83. The Kier molecular flexibility index (Phi) is 3.12. The van der Waals surface area contributed by atoms with Gasteiger partial charge in [0.25, 0.3) is 0 Å². The van der Waals surface area contributed by atoms with Crippen molar-refractivity contribution in [3.05, 3.63) is 22.4 Å². The van der Waals surface area contributed by atoms with Crippen LogP contribution in [-0.4, -0.2) is 23.2 Å². The van der Waals surface area contributed by atoms with E-state index in [9.17, 15) is 4.79 Å². The summed E-state index contributed by atoms with van der Waals surface area (Å²) in [5.74, 6) is 0. The number of nitrogens with zero attached hydrogens (tertiary/aromatic N) is 2. The van der Waals surface area contributed by atoms with Crippen molar-refractivity contribution in [2.75, 3.05) is 11.4 Å². The zero-order chi connectivity index (χ0) is 12.6. The van der Waals surface area contributed by atoms with Crippen LogP contribution in [0.25, 0.3) is 0 Å². The fraction of sp³-hybridized carbons (Fsp3) is 0.500. The molecule has 92 valence electrons. The molecule has 0 spiro atoms. The number of aromatic nitrogens is 1. The summed E-state index contributed by atoms with van der Waals surface area (Å²) in [7, 11) is 0. The van der Waals surface area contributed by atoms with E-state index in [1.54, 1.807) is 4.90 Å². The molecule has 5 heteroatoms. The number of pyridine rings is 1. The second-order valence-electron chi connectivity index (χ2n) is 4.98. The highest BCUT2D eigenvalue weighted by atomic mass is 79.9. The van der Waals surface area contributed by atoms with Crippen LogP contribution < -0.4 is 4.90 Å². The molecule has 0 aromatic carbocycles. The first-order valence-corrected chi connectivity index (χ1v) is 6.32. The van der Waals surface area contributed by atoms with Gasteiger partial charge in [0, 0.05) is 13.0 Å². The molecule has 2 rings (SSSR count). The molecule has 0 N–H and O–H groups in total. The van der Waals surface area contributed by atoms with Gasteiger partial charge in [0.05, 0.1) is 11.4 Å². The van der Waals surface area contributed by atoms with Gasteiger partial charge in [-0.25, -0.2) is 9.78 Å². The maximum Gasteiger partial charge on any atom is 0.414 e. The van der Waals surface area contributed by atoms with Gasteiger partial charge in [-0.2, -0.15) is 0 Å². The minimum Gasteiger partial charge on any atom is -0.443 e. The molecule has 1 aromatic rings. The van der Waals surface area contributed by atoms with Crippen molar-refractivity contribution in [3.8, 4) is 0 Å². The highest BCUT2D eigenvalue weighted by Crippen LogP contribution is 2.29. The minimum absolute atomic E-state index is 0.305. The van der Waals surface area contributed by atoms with Gasteiger partial charge < -0.3 is 4.74 Å². The number of carbonyl (C=O) groups is 1. The lowest BCUT2D eigenvalue weighted by Gasteiger charge is -2.24. The van der Waals surface area contributed by atoms with Crippen molar-refractivity contribution < 1.29 is 9.53 Å². The Hall–Kier alpha value is -1.10. The summed E-state index contributed by atoms with van der Waals surface area (Å²) in [5.41, 5.74) is 1.32. The average molecular weight is 299 g/mol. The monoisotopic (exact) mass is 298 g/mol. The number of hydrogen-bond acceptors (Lipinski definition) is 3. The molecule has 0 fully saturated rings. The molecular weight excluding hydrogens is 284 g/mol. The van der Waals surface area contributed by atoms with E-state index in [1.165, 1.54) is 0 Å². The number of anilines is 1. The second-order valence-corrected chi connectivity index (χ2v) is 5.79. The largest absolute Gasteiger partial charge is 0.443 e. The predicted molar refractivity (Wildman–Crippen MR) is 69.2 cm³/mol. The van der Waals surface area contributed by atoms with E-state index < -0.39 is 5.60 Å². The maximum absolute atomic E-state index is 12.0. The zero-order valence-corrected chi connectivity index (χ0v) is 11.7. The van der Waals surface area contributed by atoms with Gasteiger partial charge in [0.2, 0.25) is 0 Å². The van der Waals surface area contributed by atoms with E-state index in [-0.39, 0.29) is 6.09 Å². The number of rotatable bonds is 0. The fourth-order valence-corrected chi connectivity index (χ4v) is 2.09. The molecule has 2 heterocycles. The van der Waals surface area contributed by atoms with Crippen LogP contribution in [0.5, 0.6) is 0 Å². The molecule has 0 atom stereocenters. The van der Waals surface area contributed by atoms with Crippen molar-refractivity contribution in [3.63, 3.8) is 0 Å². The Balaban J connectivity index is 2.20. The molecule has 17 heavy (non-hydrogen) atoms. The standard InChI is InChI=1S/C12H15BrN2O2/c1-12(2,3)17-11(16)15-7-6-8-9(15)4-5-10(13)14-8/h4-5H,6-7H2,1-3H3. The molecule has 0 unspecified atom stereocenters. The molecule has 0 saturated heterocycles. The van der Waals surface area contributed by atoms with Crippen LogP contribution in [0.15, 0.2) is 16.7 Å². The summed E-state index contributed by atoms with van der Waals surface area (Å²) in [6.45, 7) is 6.22. The summed E-state index contributed by atoms with van der Waals surface area (Å²) in [5, 5.41) is 0. The maximum atomic E-state index is 12.0. The first-order chi connectivity index (χ1) is 7.87. The van der Waals surface area contributed by atoms with E-state index in [0.717, 1.165) is 22.4 Å². The molecule has 4 nitrogen and oxygen atoms in total. The van der Waals surface area contributed by atoms with Crippen LogP contribution in [0, 0.1) is 0 Å².